The van der Waals surface area contributed by atoms with Crippen LogP contribution in [-0.2, 0) is 16.0 Å². The number of rotatable bonds is 9. The molecule has 6 heteroatoms. The predicted molar refractivity (Wildman–Crippen MR) is 58.9 cm³/mol. The van der Waals surface area contributed by atoms with Gasteiger partial charge in [-0.3, -0.25) is 0 Å². The molecular weight excluding hydrogens is 214 g/mol. The van der Waals surface area contributed by atoms with Crippen LogP contribution in [0.25, 0.3) is 0 Å². The van der Waals surface area contributed by atoms with Crippen LogP contribution >= 0.6 is 11.5 Å². The maximum absolute atomic E-state index is 5.32. The zero-order chi connectivity index (χ0) is 10.8. The van der Waals surface area contributed by atoms with E-state index >= 15 is 0 Å². The Labute approximate surface area is 94.0 Å². The lowest BCUT2D eigenvalue weighted by atomic mass is 10.4. The minimum Gasteiger partial charge on any atom is -0.382 e. The molecule has 15 heavy (non-hydrogen) atoms. The van der Waals surface area contributed by atoms with Crippen LogP contribution in [0.4, 0.5) is 0 Å². The first-order chi connectivity index (χ1) is 7.43. The van der Waals surface area contributed by atoms with Crippen LogP contribution in [-0.4, -0.2) is 43.1 Å². The Morgan fingerprint density at radius 1 is 1.40 bits per heavy atom. The van der Waals surface area contributed by atoms with Crippen LogP contribution < -0.4 is 5.32 Å². The normalized spacial score (nSPS) is 10.7. The van der Waals surface area contributed by atoms with Gasteiger partial charge in [-0.15, -0.1) is 5.10 Å². The molecule has 0 saturated heterocycles. The van der Waals surface area contributed by atoms with E-state index in [1.54, 1.807) is 7.11 Å². The van der Waals surface area contributed by atoms with Crippen LogP contribution in [0.3, 0.4) is 0 Å². The number of aromatic nitrogens is 2. The molecule has 1 heterocycles. The molecular formula is C9H17N3O2S. The van der Waals surface area contributed by atoms with Crippen molar-refractivity contribution in [3.8, 4) is 0 Å². The van der Waals surface area contributed by atoms with Crippen molar-refractivity contribution in [2.24, 2.45) is 0 Å². The summed E-state index contributed by atoms with van der Waals surface area (Å²) >= 11 is 1.38. The van der Waals surface area contributed by atoms with Crippen LogP contribution in [0.2, 0.25) is 0 Å². The molecule has 0 aliphatic carbocycles. The van der Waals surface area contributed by atoms with Crippen LogP contribution in [0, 0.1) is 0 Å². The largest absolute Gasteiger partial charge is 0.382 e. The first kappa shape index (κ1) is 12.5. The van der Waals surface area contributed by atoms with E-state index in [-0.39, 0.29) is 0 Å². The summed E-state index contributed by atoms with van der Waals surface area (Å²) in [6.45, 7) is 3.83. The number of hydrogen-bond acceptors (Lipinski definition) is 6. The Balaban J connectivity index is 1.81. The molecule has 86 valence electrons. The lowest BCUT2D eigenvalue weighted by molar-refractivity contribution is 0.0694. The van der Waals surface area contributed by atoms with Gasteiger partial charge in [0.15, 0.2) is 0 Å². The average Bonchev–Trinajstić information content (AvgIpc) is 2.75. The number of nitrogens with zero attached hydrogens (tertiary/aromatic N) is 2. The minimum absolute atomic E-state index is 0.665. The van der Waals surface area contributed by atoms with E-state index in [2.05, 4.69) is 14.9 Å². The number of methoxy groups -OCH3 is 1. The molecule has 0 unspecified atom stereocenters. The van der Waals surface area contributed by atoms with Gasteiger partial charge < -0.3 is 14.8 Å². The Kier molecular flexibility index (Phi) is 7.28. The maximum Gasteiger partial charge on any atom is 0.0893 e. The number of nitrogens with one attached hydrogen (secondary N) is 1. The second kappa shape index (κ2) is 8.72. The highest BCUT2D eigenvalue weighted by Gasteiger charge is 1.94. The van der Waals surface area contributed by atoms with Crippen molar-refractivity contribution in [2.75, 3.05) is 33.5 Å². The molecule has 0 radical (unpaired) electrons. The summed E-state index contributed by atoms with van der Waals surface area (Å²) in [6, 6.07) is 0. The molecule has 0 fully saturated rings. The summed E-state index contributed by atoms with van der Waals surface area (Å²) in [5.74, 6) is 0. The summed E-state index contributed by atoms with van der Waals surface area (Å²) in [4.78, 5) is 0. The molecule has 1 rings (SSSR count). The molecule has 0 aromatic carbocycles. The van der Waals surface area contributed by atoms with Crippen LogP contribution in [0.15, 0.2) is 5.38 Å². The first-order valence-electron chi connectivity index (χ1n) is 4.97. The zero-order valence-corrected chi connectivity index (χ0v) is 9.76. The van der Waals surface area contributed by atoms with E-state index in [4.69, 9.17) is 9.47 Å². The lowest BCUT2D eigenvalue weighted by Crippen LogP contribution is -2.17. The summed E-state index contributed by atoms with van der Waals surface area (Å²) in [6.07, 6.45) is 1.00. The van der Waals surface area contributed by atoms with Crippen molar-refractivity contribution in [2.45, 2.75) is 13.0 Å². The molecule has 0 atom stereocenters. The van der Waals surface area contributed by atoms with Gasteiger partial charge in [-0.25, -0.2) is 0 Å². The highest BCUT2D eigenvalue weighted by molar-refractivity contribution is 7.03. The number of ether oxygens (including phenoxy) is 2. The fourth-order valence-corrected chi connectivity index (χ4v) is 1.47. The van der Waals surface area contributed by atoms with Crippen molar-refractivity contribution >= 4 is 11.5 Å². The molecule has 0 aliphatic heterocycles. The Bertz CT molecular complexity index is 231. The van der Waals surface area contributed by atoms with Gasteiger partial charge in [-0.1, -0.05) is 4.49 Å². The second-order valence-corrected chi connectivity index (χ2v) is 3.64. The zero-order valence-electron chi connectivity index (χ0n) is 8.94. The van der Waals surface area contributed by atoms with E-state index in [1.165, 1.54) is 11.5 Å². The maximum atomic E-state index is 5.32. The molecule has 0 amide bonds. The Morgan fingerprint density at radius 3 is 3.07 bits per heavy atom. The Morgan fingerprint density at radius 2 is 2.33 bits per heavy atom. The summed E-state index contributed by atoms with van der Waals surface area (Å²) in [5, 5.41) is 9.15. The third kappa shape index (κ3) is 6.51. The predicted octanol–water partition coefficient (Wildman–Crippen LogP) is 0.681. The highest BCUT2D eigenvalue weighted by atomic mass is 32.1. The van der Waals surface area contributed by atoms with Gasteiger partial charge >= 0.3 is 0 Å². The van der Waals surface area contributed by atoms with Crippen molar-refractivity contribution < 1.29 is 9.47 Å². The fourth-order valence-electron chi connectivity index (χ4n) is 1.02. The topological polar surface area (TPSA) is 56.3 Å². The molecule has 5 nitrogen and oxygen atoms in total. The molecule has 0 saturated carbocycles. The number of hydrogen-bond donors (Lipinski definition) is 1. The van der Waals surface area contributed by atoms with Gasteiger partial charge in [0.05, 0.1) is 18.9 Å². The lowest BCUT2D eigenvalue weighted by Gasteiger charge is -2.04. The molecule has 0 spiro atoms. The molecule has 0 bridgehead atoms. The third-order valence-corrected chi connectivity index (χ3v) is 2.34. The molecule has 0 aliphatic rings. The fraction of sp³-hybridized carbons (Fsp3) is 0.778. The van der Waals surface area contributed by atoms with E-state index in [0.717, 1.165) is 31.8 Å². The summed E-state index contributed by atoms with van der Waals surface area (Å²) < 4.78 is 14.0. The van der Waals surface area contributed by atoms with E-state index in [9.17, 15) is 0 Å². The van der Waals surface area contributed by atoms with E-state index < -0.39 is 0 Å². The summed E-state index contributed by atoms with van der Waals surface area (Å²) in [7, 11) is 1.67. The standard InChI is InChI=1S/C9H17N3O2S/c1-13-5-6-14-4-2-3-10-7-9-8-15-12-11-9/h8,10H,2-7H2,1H3. The minimum atomic E-state index is 0.665. The van der Waals surface area contributed by atoms with Gasteiger partial charge in [0.1, 0.15) is 0 Å². The van der Waals surface area contributed by atoms with E-state index in [1.807, 2.05) is 5.38 Å². The van der Waals surface area contributed by atoms with Gasteiger partial charge in [0.2, 0.25) is 0 Å². The molecule has 1 N–H and O–H groups in total. The molecule has 1 aromatic heterocycles. The smallest absolute Gasteiger partial charge is 0.0893 e. The van der Waals surface area contributed by atoms with Gasteiger partial charge in [-0.05, 0) is 24.5 Å². The van der Waals surface area contributed by atoms with Gasteiger partial charge in [-0.2, -0.15) is 0 Å². The SMILES string of the molecule is COCCOCCCNCc1csnn1. The Hall–Kier alpha value is -0.560. The van der Waals surface area contributed by atoms with Crippen molar-refractivity contribution in [1.82, 2.24) is 14.9 Å². The van der Waals surface area contributed by atoms with Crippen molar-refractivity contribution in [1.29, 1.82) is 0 Å². The first-order valence-corrected chi connectivity index (χ1v) is 5.80. The quantitative estimate of drug-likeness (QED) is 0.633. The van der Waals surface area contributed by atoms with Crippen LogP contribution in [0.1, 0.15) is 12.1 Å². The summed E-state index contributed by atoms with van der Waals surface area (Å²) in [5.41, 5.74) is 1.00. The van der Waals surface area contributed by atoms with Gasteiger partial charge in [0.25, 0.3) is 0 Å². The average molecular weight is 231 g/mol. The van der Waals surface area contributed by atoms with E-state index in [0.29, 0.717) is 13.2 Å². The highest BCUT2D eigenvalue weighted by Crippen LogP contribution is 1.95. The van der Waals surface area contributed by atoms with Crippen molar-refractivity contribution in [3.63, 3.8) is 0 Å². The van der Waals surface area contributed by atoms with Gasteiger partial charge in [0, 0.05) is 25.6 Å². The molecule has 1 aromatic rings. The van der Waals surface area contributed by atoms with Crippen LogP contribution in [0.5, 0.6) is 0 Å². The second-order valence-electron chi connectivity index (χ2n) is 3.03. The van der Waals surface area contributed by atoms with Crippen molar-refractivity contribution in [3.05, 3.63) is 11.1 Å². The monoisotopic (exact) mass is 231 g/mol. The third-order valence-electron chi connectivity index (χ3n) is 1.79.